The molecular weight excluding hydrogens is 388 g/mol. The molecule has 0 aromatic heterocycles. The molecule has 8 heteroatoms. The average molecular weight is 414 g/mol. The maximum atomic E-state index is 12.9. The van der Waals surface area contributed by atoms with Crippen molar-refractivity contribution in [2.75, 3.05) is 44.7 Å². The summed E-state index contributed by atoms with van der Waals surface area (Å²) in [5.41, 5.74) is 1.17. The Labute approximate surface area is 175 Å². The van der Waals surface area contributed by atoms with Crippen molar-refractivity contribution in [1.82, 2.24) is 0 Å². The van der Waals surface area contributed by atoms with E-state index in [1.807, 2.05) is 31.2 Å². The van der Waals surface area contributed by atoms with E-state index in [0.717, 1.165) is 0 Å². The van der Waals surface area contributed by atoms with Crippen LogP contribution in [0.3, 0.4) is 0 Å². The summed E-state index contributed by atoms with van der Waals surface area (Å²) < 4.78 is 21.6. The van der Waals surface area contributed by atoms with Crippen molar-refractivity contribution in [2.45, 2.75) is 13.3 Å². The van der Waals surface area contributed by atoms with Crippen molar-refractivity contribution in [3.63, 3.8) is 0 Å². The van der Waals surface area contributed by atoms with Gasteiger partial charge in [0.1, 0.15) is 5.75 Å². The SMILES string of the molecule is CCOc1ccccc1N1CC(C(=O)Nc2cc(OC)c(OC)c(OC)c2)CC1=O. The van der Waals surface area contributed by atoms with E-state index in [-0.39, 0.29) is 24.8 Å². The first-order valence-electron chi connectivity index (χ1n) is 9.65. The molecule has 1 saturated heterocycles. The van der Waals surface area contributed by atoms with Crippen molar-refractivity contribution >= 4 is 23.2 Å². The highest BCUT2D eigenvalue weighted by atomic mass is 16.5. The van der Waals surface area contributed by atoms with E-state index in [1.165, 1.54) is 21.3 Å². The number of amides is 2. The number of ether oxygens (including phenoxy) is 4. The molecule has 0 bridgehead atoms. The predicted octanol–water partition coefficient (Wildman–Crippen LogP) is 3.10. The van der Waals surface area contributed by atoms with Crippen molar-refractivity contribution in [2.24, 2.45) is 5.92 Å². The minimum atomic E-state index is -0.494. The van der Waals surface area contributed by atoms with Crippen LogP contribution >= 0.6 is 0 Å². The molecule has 1 fully saturated rings. The zero-order valence-electron chi connectivity index (χ0n) is 17.6. The van der Waals surface area contributed by atoms with Crippen LogP contribution in [0.4, 0.5) is 11.4 Å². The van der Waals surface area contributed by atoms with Gasteiger partial charge in [0.05, 0.1) is 39.5 Å². The minimum Gasteiger partial charge on any atom is -0.493 e. The van der Waals surface area contributed by atoms with Gasteiger partial charge in [0.25, 0.3) is 0 Å². The minimum absolute atomic E-state index is 0.118. The third kappa shape index (κ3) is 4.27. The number of anilines is 2. The summed E-state index contributed by atoms with van der Waals surface area (Å²) >= 11 is 0. The standard InChI is InChI=1S/C22H26N2O6/c1-5-30-17-9-7-6-8-16(17)24-13-14(10-20(24)25)22(26)23-15-11-18(27-2)21(29-4)19(12-15)28-3/h6-9,11-12,14H,5,10,13H2,1-4H3,(H,23,26). The molecule has 1 atom stereocenters. The monoisotopic (exact) mass is 414 g/mol. The van der Waals surface area contributed by atoms with Crippen LogP contribution in [0.25, 0.3) is 0 Å². The van der Waals surface area contributed by atoms with Crippen LogP contribution in [-0.2, 0) is 9.59 Å². The van der Waals surface area contributed by atoms with Gasteiger partial charge in [-0.15, -0.1) is 0 Å². The lowest BCUT2D eigenvalue weighted by Crippen LogP contribution is -2.28. The summed E-state index contributed by atoms with van der Waals surface area (Å²) in [5, 5.41) is 2.85. The van der Waals surface area contributed by atoms with E-state index in [2.05, 4.69) is 5.32 Å². The van der Waals surface area contributed by atoms with Crippen molar-refractivity contribution < 1.29 is 28.5 Å². The van der Waals surface area contributed by atoms with Crippen LogP contribution in [0.5, 0.6) is 23.0 Å². The van der Waals surface area contributed by atoms with Crippen LogP contribution in [0.1, 0.15) is 13.3 Å². The molecule has 0 aliphatic carbocycles. The Balaban J connectivity index is 1.77. The second-order valence-electron chi connectivity index (χ2n) is 6.71. The fraction of sp³-hybridized carbons (Fsp3) is 0.364. The van der Waals surface area contributed by atoms with E-state index in [0.29, 0.717) is 41.0 Å². The maximum absolute atomic E-state index is 12.9. The summed E-state index contributed by atoms with van der Waals surface area (Å²) in [6.45, 7) is 2.65. The zero-order chi connectivity index (χ0) is 21.7. The van der Waals surface area contributed by atoms with Gasteiger partial charge in [-0.2, -0.15) is 0 Å². The van der Waals surface area contributed by atoms with Crippen LogP contribution in [0.2, 0.25) is 0 Å². The number of rotatable bonds is 8. The van der Waals surface area contributed by atoms with Gasteiger partial charge in [-0.1, -0.05) is 12.1 Å². The number of benzene rings is 2. The lowest BCUT2D eigenvalue weighted by atomic mass is 10.1. The topological polar surface area (TPSA) is 86.3 Å². The van der Waals surface area contributed by atoms with Crippen LogP contribution in [-0.4, -0.2) is 46.3 Å². The molecule has 1 heterocycles. The second-order valence-corrected chi connectivity index (χ2v) is 6.71. The molecule has 1 N–H and O–H groups in total. The number of para-hydroxylation sites is 2. The highest BCUT2D eigenvalue weighted by molar-refractivity contribution is 6.04. The third-order valence-corrected chi connectivity index (χ3v) is 4.88. The first-order valence-corrected chi connectivity index (χ1v) is 9.65. The van der Waals surface area contributed by atoms with Gasteiger partial charge in [-0.05, 0) is 19.1 Å². The Morgan fingerprint density at radius 2 is 1.73 bits per heavy atom. The van der Waals surface area contributed by atoms with E-state index in [1.54, 1.807) is 17.0 Å². The molecule has 0 saturated carbocycles. The quantitative estimate of drug-likeness (QED) is 0.714. The van der Waals surface area contributed by atoms with Crippen LogP contribution < -0.4 is 29.2 Å². The average Bonchev–Trinajstić information content (AvgIpc) is 3.15. The number of methoxy groups -OCH3 is 3. The Morgan fingerprint density at radius 1 is 1.07 bits per heavy atom. The van der Waals surface area contributed by atoms with E-state index in [4.69, 9.17) is 18.9 Å². The molecule has 2 aromatic carbocycles. The number of nitrogens with zero attached hydrogens (tertiary/aromatic N) is 1. The summed E-state index contributed by atoms with van der Waals surface area (Å²) in [6, 6.07) is 10.6. The first-order chi connectivity index (χ1) is 14.5. The van der Waals surface area contributed by atoms with Gasteiger partial charge < -0.3 is 29.2 Å². The van der Waals surface area contributed by atoms with Crippen LogP contribution in [0, 0.1) is 5.92 Å². The Hall–Kier alpha value is -3.42. The van der Waals surface area contributed by atoms with Gasteiger partial charge in [0, 0.05) is 30.8 Å². The normalized spacial score (nSPS) is 15.7. The summed E-state index contributed by atoms with van der Waals surface area (Å²) in [7, 11) is 4.52. The lowest BCUT2D eigenvalue weighted by Gasteiger charge is -2.20. The molecule has 1 aliphatic heterocycles. The Morgan fingerprint density at radius 3 is 2.33 bits per heavy atom. The number of nitrogens with one attached hydrogen (secondary N) is 1. The molecule has 30 heavy (non-hydrogen) atoms. The van der Waals surface area contributed by atoms with Gasteiger partial charge in [-0.25, -0.2) is 0 Å². The van der Waals surface area contributed by atoms with E-state index in [9.17, 15) is 9.59 Å². The maximum Gasteiger partial charge on any atom is 0.229 e. The van der Waals surface area contributed by atoms with Crippen molar-refractivity contribution in [1.29, 1.82) is 0 Å². The van der Waals surface area contributed by atoms with E-state index < -0.39 is 5.92 Å². The molecule has 0 radical (unpaired) electrons. The van der Waals surface area contributed by atoms with Crippen molar-refractivity contribution in [3.8, 4) is 23.0 Å². The zero-order valence-corrected chi connectivity index (χ0v) is 17.6. The number of hydrogen-bond donors (Lipinski definition) is 1. The van der Waals surface area contributed by atoms with Gasteiger partial charge in [0.15, 0.2) is 11.5 Å². The third-order valence-electron chi connectivity index (χ3n) is 4.88. The summed E-state index contributed by atoms with van der Waals surface area (Å²) in [6.07, 6.45) is 0.122. The highest BCUT2D eigenvalue weighted by Crippen LogP contribution is 2.40. The molecule has 2 aromatic rings. The second kappa shape index (κ2) is 9.39. The largest absolute Gasteiger partial charge is 0.493 e. The molecule has 160 valence electrons. The highest BCUT2D eigenvalue weighted by Gasteiger charge is 2.36. The fourth-order valence-corrected chi connectivity index (χ4v) is 3.47. The summed E-state index contributed by atoms with van der Waals surface area (Å²) in [5.74, 6) is 1.06. The Bertz CT molecular complexity index is 905. The van der Waals surface area contributed by atoms with Gasteiger partial charge >= 0.3 is 0 Å². The number of carbonyl (C=O) groups is 2. The van der Waals surface area contributed by atoms with Gasteiger partial charge in [-0.3, -0.25) is 9.59 Å². The molecule has 2 amide bonds. The molecule has 3 rings (SSSR count). The first kappa shape index (κ1) is 21.3. The lowest BCUT2D eigenvalue weighted by molar-refractivity contribution is -0.122. The molecule has 8 nitrogen and oxygen atoms in total. The molecule has 0 spiro atoms. The van der Waals surface area contributed by atoms with E-state index >= 15 is 0 Å². The molecule has 1 aliphatic rings. The number of carbonyl (C=O) groups excluding carboxylic acids is 2. The Kier molecular flexibility index (Phi) is 6.66. The van der Waals surface area contributed by atoms with Crippen molar-refractivity contribution in [3.05, 3.63) is 36.4 Å². The predicted molar refractivity (Wildman–Crippen MR) is 113 cm³/mol. The molecule has 1 unspecified atom stereocenters. The number of hydrogen-bond acceptors (Lipinski definition) is 6. The van der Waals surface area contributed by atoms with Crippen LogP contribution in [0.15, 0.2) is 36.4 Å². The smallest absolute Gasteiger partial charge is 0.229 e. The summed E-state index contributed by atoms with van der Waals surface area (Å²) in [4.78, 5) is 27.1. The van der Waals surface area contributed by atoms with Gasteiger partial charge in [0.2, 0.25) is 17.6 Å². The fourth-order valence-electron chi connectivity index (χ4n) is 3.47. The molecular formula is C22H26N2O6.